The van der Waals surface area contributed by atoms with E-state index >= 15 is 0 Å². The molecule has 0 amide bonds. The summed E-state index contributed by atoms with van der Waals surface area (Å²) < 4.78 is 0. The van der Waals surface area contributed by atoms with E-state index in [0.29, 0.717) is 0 Å². The largest absolute Gasteiger partial charge is 0.377 e. The van der Waals surface area contributed by atoms with Crippen LogP contribution in [0.25, 0.3) is 10.8 Å². The van der Waals surface area contributed by atoms with Gasteiger partial charge in [0, 0.05) is 45.0 Å². The number of hydrogen-bond acceptors (Lipinski definition) is 2. The highest BCUT2D eigenvalue weighted by Crippen LogP contribution is 2.33. The summed E-state index contributed by atoms with van der Waals surface area (Å²) in [5.41, 5.74) is 2.53. The molecule has 0 fully saturated rings. The van der Waals surface area contributed by atoms with E-state index in [1.807, 2.05) is 0 Å². The molecule has 17 heavy (non-hydrogen) atoms. The highest BCUT2D eigenvalue weighted by Gasteiger charge is 2.08. The summed E-state index contributed by atoms with van der Waals surface area (Å²) in [4.78, 5) is 4.32. The average molecular weight is 251 g/mol. The Bertz CT molecular complexity index is 464. The van der Waals surface area contributed by atoms with E-state index in [4.69, 9.17) is 0 Å². The van der Waals surface area contributed by atoms with E-state index in [9.17, 15) is 0 Å². The summed E-state index contributed by atoms with van der Waals surface area (Å²) in [5.74, 6) is 0. The monoisotopic (exact) mass is 250 g/mol. The molecule has 0 atom stereocenters. The van der Waals surface area contributed by atoms with Crippen LogP contribution in [0.3, 0.4) is 0 Å². The molecular formula is C14H19ClN2. The molecule has 0 aliphatic carbocycles. The lowest BCUT2D eigenvalue weighted by atomic mass is 10.1. The van der Waals surface area contributed by atoms with Gasteiger partial charge in [0.15, 0.2) is 0 Å². The number of nitrogens with zero attached hydrogens (tertiary/aromatic N) is 2. The molecule has 0 aliphatic heterocycles. The molecule has 0 aromatic heterocycles. The molecule has 0 unspecified atom stereocenters. The van der Waals surface area contributed by atoms with Crippen LogP contribution in [0.2, 0.25) is 0 Å². The fourth-order valence-corrected chi connectivity index (χ4v) is 2.05. The van der Waals surface area contributed by atoms with Gasteiger partial charge in [0.25, 0.3) is 0 Å². The van der Waals surface area contributed by atoms with Gasteiger partial charge in [-0.3, -0.25) is 0 Å². The Hall–Kier alpha value is -1.41. The lowest BCUT2D eigenvalue weighted by molar-refractivity contribution is 1.12. The van der Waals surface area contributed by atoms with Crippen molar-refractivity contribution in [3.8, 4) is 0 Å². The molecule has 0 radical (unpaired) electrons. The number of fused-ring (bicyclic) bond motifs is 1. The molecule has 0 saturated carbocycles. The SMILES string of the molecule is CN(C)c1cccc2cccc(N(C)C)c12.Cl. The van der Waals surface area contributed by atoms with Crippen molar-refractivity contribution >= 4 is 34.6 Å². The molecule has 3 heteroatoms. The van der Waals surface area contributed by atoms with Gasteiger partial charge in [0.05, 0.1) is 0 Å². The van der Waals surface area contributed by atoms with Gasteiger partial charge in [0.1, 0.15) is 0 Å². The number of hydrogen-bond donors (Lipinski definition) is 0. The molecule has 0 bridgehead atoms. The smallest absolute Gasteiger partial charge is 0.0461 e. The Morgan fingerprint density at radius 1 is 0.706 bits per heavy atom. The maximum absolute atomic E-state index is 2.16. The maximum atomic E-state index is 2.16. The van der Waals surface area contributed by atoms with E-state index < -0.39 is 0 Å². The lowest BCUT2D eigenvalue weighted by Crippen LogP contribution is -2.13. The van der Waals surface area contributed by atoms with Gasteiger partial charge in [-0.2, -0.15) is 0 Å². The zero-order valence-corrected chi connectivity index (χ0v) is 11.6. The van der Waals surface area contributed by atoms with Crippen LogP contribution in [0.15, 0.2) is 36.4 Å². The van der Waals surface area contributed by atoms with Crippen LogP contribution in [0.5, 0.6) is 0 Å². The van der Waals surface area contributed by atoms with E-state index in [-0.39, 0.29) is 12.4 Å². The predicted octanol–water partition coefficient (Wildman–Crippen LogP) is 3.39. The van der Waals surface area contributed by atoms with Crippen molar-refractivity contribution in [1.29, 1.82) is 0 Å². The normalized spacial score (nSPS) is 9.88. The van der Waals surface area contributed by atoms with Crippen LogP contribution in [0, 0.1) is 0 Å². The summed E-state index contributed by atoms with van der Waals surface area (Å²) in [6.45, 7) is 0. The molecule has 2 rings (SSSR count). The molecule has 0 saturated heterocycles. The average Bonchev–Trinajstić information content (AvgIpc) is 2.27. The second-order valence-corrected chi connectivity index (χ2v) is 4.44. The Morgan fingerprint density at radius 2 is 1.12 bits per heavy atom. The fourth-order valence-electron chi connectivity index (χ4n) is 2.05. The second kappa shape index (κ2) is 5.28. The van der Waals surface area contributed by atoms with Crippen molar-refractivity contribution in [2.45, 2.75) is 0 Å². The number of rotatable bonds is 2. The van der Waals surface area contributed by atoms with Crippen molar-refractivity contribution in [3.05, 3.63) is 36.4 Å². The van der Waals surface area contributed by atoms with Crippen LogP contribution in [-0.2, 0) is 0 Å². The van der Waals surface area contributed by atoms with E-state index in [2.05, 4.69) is 74.4 Å². The second-order valence-electron chi connectivity index (χ2n) is 4.44. The standard InChI is InChI=1S/C14H18N2.ClH/c1-15(2)12-9-5-7-11-8-6-10-13(14(11)12)16(3)4;/h5-10H,1-4H3;1H. The van der Waals surface area contributed by atoms with Crippen LogP contribution in [-0.4, -0.2) is 28.2 Å². The summed E-state index contributed by atoms with van der Waals surface area (Å²) in [7, 11) is 8.34. The van der Waals surface area contributed by atoms with Crippen molar-refractivity contribution in [2.75, 3.05) is 38.0 Å². The van der Waals surface area contributed by atoms with Gasteiger partial charge >= 0.3 is 0 Å². The van der Waals surface area contributed by atoms with Gasteiger partial charge in [-0.1, -0.05) is 24.3 Å². The lowest BCUT2D eigenvalue weighted by Gasteiger charge is -2.21. The van der Waals surface area contributed by atoms with Crippen molar-refractivity contribution in [3.63, 3.8) is 0 Å². The first-order valence-corrected chi connectivity index (χ1v) is 5.47. The molecule has 2 aromatic carbocycles. The van der Waals surface area contributed by atoms with Crippen molar-refractivity contribution in [2.24, 2.45) is 0 Å². The summed E-state index contributed by atoms with van der Waals surface area (Å²) in [6.07, 6.45) is 0. The number of halogens is 1. The third-order valence-corrected chi connectivity index (χ3v) is 2.82. The highest BCUT2D eigenvalue weighted by atomic mass is 35.5. The van der Waals surface area contributed by atoms with Gasteiger partial charge in [-0.25, -0.2) is 0 Å². The van der Waals surface area contributed by atoms with Gasteiger partial charge < -0.3 is 9.80 Å². The van der Waals surface area contributed by atoms with Gasteiger partial charge in [-0.15, -0.1) is 12.4 Å². The Labute approximate surface area is 109 Å². The minimum atomic E-state index is 0. The fraction of sp³-hybridized carbons (Fsp3) is 0.286. The zero-order chi connectivity index (χ0) is 11.7. The summed E-state index contributed by atoms with van der Waals surface area (Å²) in [6, 6.07) is 12.9. The van der Waals surface area contributed by atoms with Crippen LogP contribution < -0.4 is 9.80 Å². The number of benzene rings is 2. The van der Waals surface area contributed by atoms with Crippen LogP contribution in [0.1, 0.15) is 0 Å². The molecule has 92 valence electrons. The van der Waals surface area contributed by atoms with E-state index in [1.54, 1.807) is 0 Å². The molecule has 0 N–H and O–H groups in total. The van der Waals surface area contributed by atoms with Crippen molar-refractivity contribution in [1.82, 2.24) is 0 Å². The first-order chi connectivity index (χ1) is 7.61. The van der Waals surface area contributed by atoms with Gasteiger partial charge in [0.2, 0.25) is 0 Å². The minimum absolute atomic E-state index is 0. The summed E-state index contributed by atoms with van der Waals surface area (Å²) in [5, 5.41) is 2.61. The van der Waals surface area contributed by atoms with Crippen LogP contribution >= 0.6 is 12.4 Å². The topological polar surface area (TPSA) is 6.48 Å². The predicted molar refractivity (Wildman–Crippen MR) is 79.9 cm³/mol. The highest BCUT2D eigenvalue weighted by molar-refractivity contribution is 6.03. The maximum Gasteiger partial charge on any atom is 0.0461 e. The number of anilines is 2. The molecular weight excluding hydrogens is 232 g/mol. The first-order valence-electron chi connectivity index (χ1n) is 5.47. The molecule has 0 aliphatic rings. The minimum Gasteiger partial charge on any atom is -0.377 e. The zero-order valence-electron chi connectivity index (χ0n) is 10.8. The molecule has 0 heterocycles. The Morgan fingerprint density at radius 3 is 1.47 bits per heavy atom. The van der Waals surface area contributed by atoms with Crippen molar-refractivity contribution < 1.29 is 0 Å². The molecule has 2 nitrogen and oxygen atoms in total. The molecule has 2 aromatic rings. The third kappa shape index (κ3) is 2.47. The Kier molecular flexibility index (Phi) is 4.24. The molecule has 0 spiro atoms. The summed E-state index contributed by atoms with van der Waals surface area (Å²) >= 11 is 0. The third-order valence-electron chi connectivity index (χ3n) is 2.82. The quantitative estimate of drug-likeness (QED) is 0.806. The Balaban J connectivity index is 0.00000144. The van der Waals surface area contributed by atoms with E-state index in [0.717, 1.165) is 0 Å². The van der Waals surface area contributed by atoms with Gasteiger partial charge in [-0.05, 0) is 17.5 Å². The first kappa shape index (κ1) is 13.7. The van der Waals surface area contributed by atoms with Crippen LogP contribution in [0.4, 0.5) is 11.4 Å². The van der Waals surface area contributed by atoms with E-state index in [1.165, 1.54) is 22.1 Å².